The summed E-state index contributed by atoms with van der Waals surface area (Å²) in [6.07, 6.45) is 4.74. The Morgan fingerprint density at radius 2 is 2.03 bits per heavy atom. The van der Waals surface area contributed by atoms with E-state index in [2.05, 4.69) is 6.92 Å². The van der Waals surface area contributed by atoms with Crippen molar-refractivity contribution in [2.24, 2.45) is 0 Å². The number of ether oxygens (including phenoxy) is 2. The maximum atomic E-state index is 11.8. The highest BCUT2D eigenvalue weighted by Gasteiger charge is 2.34. The van der Waals surface area contributed by atoms with Crippen LogP contribution >= 0.6 is 0 Å². The van der Waals surface area contributed by atoms with Crippen molar-refractivity contribution in [3.8, 4) is 0 Å². The Balaban J connectivity index is 2.17. The van der Waals surface area contributed by atoms with Crippen LogP contribution in [0, 0.1) is 0 Å². The minimum Gasteiger partial charge on any atom is -0.478 e. The van der Waals surface area contributed by atoms with Crippen molar-refractivity contribution in [1.82, 2.24) is 0 Å². The molecule has 1 fully saturated rings. The number of aliphatic hydroxyl groups excluding tert-OH is 1. The van der Waals surface area contributed by atoms with Crippen LogP contribution in [0.15, 0.2) is 12.1 Å². The second-order valence-corrected chi connectivity index (χ2v) is 7.93. The number of carbonyl (C=O) groups is 2. The first-order chi connectivity index (χ1) is 14.4. The van der Waals surface area contributed by atoms with E-state index in [9.17, 15) is 19.8 Å². The monoisotopic (exact) mass is 421 g/mol. The minimum atomic E-state index is -1.02. The Labute approximate surface area is 178 Å². The number of aliphatic hydroxyl groups is 1. The van der Waals surface area contributed by atoms with Gasteiger partial charge >= 0.3 is 11.9 Å². The van der Waals surface area contributed by atoms with Crippen molar-refractivity contribution in [2.75, 3.05) is 18.9 Å². The van der Waals surface area contributed by atoms with Crippen LogP contribution in [0.2, 0.25) is 0 Å². The number of aromatic carboxylic acids is 1. The van der Waals surface area contributed by atoms with Gasteiger partial charge in [0.25, 0.3) is 0 Å². The summed E-state index contributed by atoms with van der Waals surface area (Å²) < 4.78 is 10.8. The van der Waals surface area contributed by atoms with E-state index < -0.39 is 12.1 Å². The Hall–Kier alpha value is -2.12. The SMILES string of the molecule is CCCCC[C@@H](O)C1CC(c2c(N)ccc(C(=O)O)c2CCCC(=O)OCC)CO1. The molecule has 0 saturated carbocycles. The zero-order valence-corrected chi connectivity index (χ0v) is 18.1. The lowest BCUT2D eigenvalue weighted by Gasteiger charge is -2.20. The van der Waals surface area contributed by atoms with Gasteiger partial charge in [-0.3, -0.25) is 4.79 Å². The van der Waals surface area contributed by atoms with Crippen LogP contribution in [0.25, 0.3) is 0 Å². The standard InChI is InChI=1S/C23H35NO6/c1-3-5-6-9-19(25)20-13-15(14-30-20)22-16(8-7-10-21(26)29-4-2)17(23(27)28)11-12-18(22)24/h11-12,15,19-20,25H,3-10,13-14,24H2,1-2H3,(H,27,28)/t15?,19-,20?/m1/s1. The fourth-order valence-electron chi connectivity index (χ4n) is 4.19. The summed E-state index contributed by atoms with van der Waals surface area (Å²) in [6.45, 7) is 4.59. The van der Waals surface area contributed by atoms with Crippen LogP contribution in [0.3, 0.4) is 0 Å². The van der Waals surface area contributed by atoms with Gasteiger partial charge in [0, 0.05) is 18.0 Å². The van der Waals surface area contributed by atoms with Crippen LogP contribution in [-0.2, 0) is 20.7 Å². The summed E-state index contributed by atoms with van der Waals surface area (Å²) in [6, 6.07) is 3.15. The molecule has 0 aromatic heterocycles. The molecule has 0 radical (unpaired) electrons. The van der Waals surface area contributed by atoms with E-state index in [0.29, 0.717) is 50.1 Å². The molecule has 7 heteroatoms. The molecule has 2 rings (SSSR count). The second kappa shape index (κ2) is 11.9. The average molecular weight is 422 g/mol. The molecule has 7 nitrogen and oxygen atoms in total. The number of rotatable bonds is 12. The smallest absolute Gasteiger partial charge is 0.335 e. The molecule has 1 saturated heterocycles. The molecule has 1 aliphatic heterocycles. The highest BCUT2D eigenvalue weighted by atomic mass is 16.5. The predicted molar refractivity (Wildman–Crippen MR) is 115 cm³/mol. The van der Waals surface area contributed by atoms with E-state index in [-0.39, 0.29) is 30.0 Å². The van der Waals surface area contributed by atoms with Crippen molar-refractivity contribution in [3.63, 3.8) is 0 Å². The van der Waals surface area contributed by atoms with Gasteiger partial charge in [-0.15, -0.1) is 0 Å². The van der Waals surface area contributed by atoms with Crippen LogP contribution in [0.5, 0.6) is 0 Å². The molecular weight excluding hydrogens is 386 g/mol. The van der Waals surface area contributed by atoms with E-state index in [1.54, 1.807) is 13.0 Å². The summed E-state index contributed by atoms with van der Waals surface area (Å²) in [5.74, 6) is -1.38. The molecule has 0 bridgehead atoms. The minimum absolute atomic E-state index is 0.0762. The number of carbonyl (C=O) groups excluding carboxylic acids is 1. The normalized spacial score (nSPS) is 19.6. The quantitative estimate of drug-likeness (QED) is 0.268. The van der Waals surface area contributed by atoms with Crippen LogP contribution < -0.4 is 5.73 Å². The first-order valence-corrected chi connectivity index (χ1v) is 11.0. The van der Waals surface area contributed by atoms with E-state index in [1.165, 1.54) is 6.07 Å². The largest absolute Gasteiger partial charge is 0.478 e. The van der Waals surface area contributed by atoms with Crippen molar-refractivity contribution in [3.05, 3.63) is 28.8 Å². The van der Waals surface area contributed by atoms with Crippen LogP contribution in [0.4, 0.5) is 5.69 Å². The molecule has 0 aliphatic carbocycles. The number of hydrogen-bond acceptors (Lipinski definition) is 6. The number of esters is 1. The maximum absolute atomic E-state index is 11.8. The molecule has 1 aromatic rings. The highest BCUT2D eigenvalue weighted by Crippen LogP contribution is 2.38. The summed E-state index contributed by atoms with van der Waals surface area (Å²) >= 11 is 0. The van der Waals surface area contributed by atoms with Gasteiger partial charge in [-0.25, -0.2) is 4.79 Å². The molecule has 1 aromatic carbocycles. The molecule has 4 N–H and O–H groups in total. The Kier molecular flexibility index (Phi) is 9.59. The summed E-state index contributed by atoms with van der Waals surface area (Å²) in [7, 11) is 0. The predicted octanol–water partition coefficient (Wildman–Crippen LogP) is 3.67. The molecule has 3 atom stereocenters. The molecule has 30 heavy (non-hydrogen) atoms. The van der Waals surface area contributed by atoms with Gasteiger partial charge in [-0.1, -0.05) is 26.2 Å². The number of nitrogens with two attached hydrogens (primary N) is 1. The Morgan fingerprint density at radius 3 is 2.70 bits per heavy atom. The third-order valence-corrected chi connectivity index (χ3v) is 5.70. The Bertz CT molecular complexity index is 720. The van der Waals surface area contributed by atoms with Crippen molar-refractivity contribution in [2.45, 2.75) is 83.3 Å². The number of carboxylic acids is 1. The molecule has 2 unspecified atom stereocenters. The lowest BCUT2D eigenvalue weighted by Crippen LogP contribution is -2.25. The topological polar surface area (TPSA) is 119 Å². The van der Waals surface area contributed by atoms with E-state index in [0.717, 1.165) is 24.8 Å². The number of unbranched alkanes of at least 4 members (excludes halogenated alkanes) is 2. The number of carboxylic acid groups (broad SMARTS) is 1. The lowest BCUT2D eigenvalue weighted by molar-refractivity contribution is -0.143. The summed E-state index contributed by atoms with van der Waals surface area (Å²) in [5, 5.41) is 20.1. The lowest BCUT2D eigenvalue weighted by atomic mass is 9.85. The third-order valence-electron chi connectivity index (χ3n) is 5.70. The summed E-state index contributed by atoms with van der Waals surface area (Å²) in [4.78, 5) is 23.5. The van der Waals surface area contributed by atoms with E-state index in [1.807, 2.05) is 0 Å². The fraction of sp³-hybridized carbons (Fsp3) is 0.652. The number of benzene rings is 1. The Morgan fingerprint density at radius 1 is 1.27 bits per heavy atom. The zero-order valence-electron chi connectivity index (χ0n) is 18.1. The molecule has 0 amide bonds. The number of hydrogen-bond donors (Lipinski definition) is 3. The third kappa shape index (κ3) is 6.44. The van der Waals surface area contributed by atoms with E-state index in [4.69, 9.17) is 15.2 Å². The summed E-state index contributed by atoms with van der Waals surface area (Å²) in [5.41, 5.74) is 8.43. The fourth-order valence-corrected chi connectivity index (χ4v) is 4.19. The van der Waals surface area contributed by atoms with Gasteiger partial charge in [-0.05, 0) is 55.9 Å². The number of nitrogen functional groups attached to an aromatic ring is 1. The zero-order chi connectivity index (χ0) is 22.1. The maximum Gasteiger partial charge on any atom is 0.335 e. The van der Waals surface area contributed by atoms with Gasteiger partial charge in [0.15, 0.2) is 0 Å². The van der Waals surface area contributed by atoms with Gasteiger partial charge in [0.05, 0.1) is 31.0 Å². The first-order valence-electron chi connectivity index (χ1n) is 11.0. The van der Waals surface area contributed by atoms with Crippen LogP contribution in [0.1, 0.15) is 86.2 Å². The van der Waals surface area contributed by atoms with Gasteiger partial charge in [0.1, 0.15) is 0 Å². The number of anilines is 1. The molecule has 1 heterocycles. The van der Waals surface area contributed by atoms with Gasteiger partial charge in [-0.2, -0.15) is 0 Å². The van der Waals surface area contributed by atoms with Crippen LogP contribution in [-0.4, -0.2) is 47.6 Å². The molecule has 0 spiro atoms. The first kappa shape index (κ1) is 24.2. The van der Waals surface area contributed by atoms with Gasteiger partial charge < -0.3 is 25.4 Å². The molecular formula is C23H35NO6. The van der Waals surface area contributed by atoms with E-state index >= 15 is 0 Å². The second-order valence-electron chi connectivity index (χ2n) is 7.93. The van der Waals surface area contributed by atoms with Crippen molar-refractivity contribution in [1.29, 1.82) is 0 Å². The highest BCUT2D eigenvalue weighted by molar-refractivity contribution is 5.91. The molecule has 1 aliphatic rings. The molecule has 168 valence electrons. The van der Waals surface area contributed by atoms with Gasteiger partial charge in [0.2, 0.25) is 0 Å². The van der Waals surface area contributed by atoms with Crippen molar-refractivity contribution >= 4 is 17.6 Å². The average Bonchev–Trinajstić information content (AvgIpc) is 3.18. The van der Waals surface area contributed by atoms with Crippen molar-refractivity contribution < 1.29 is 29.3 Å².